The highest BCUT2D eigenvalue weighted by atomic mass is 14.8. The summed E-state index contributed by atoms with van der Waals surface area (Å²) >= 11 is 0. The van der Waals surface area contributed by atoms with Gasteiger partial charge in [-0.2, -0.15) is 0 Å². The smallest absolute Gasteiger partial charge is 0.0159 e. The highest BCUT2D eigenvalue weighted by Crippen LogP contribution is 2.67. The van der Waals surface area contributed by atoms with Crippen molar-refractivity contribution in [2.45, 2.75) is 57.9 Å². The van der Waals surface area contributed by atoms with Crippen LogP contribution in [0.4, 0.5) is 0 Å². The first-order chi connectivity index (χ1) is 5.61. The summed E-state index contributed by atoms with van der Waals surface area (Å²) in [7, 11) is 0. The van der Waals surface area contributed by atoms with Crippen LogP contribution in [0.15, 0.2) is 0 Å². The molecule has 0 heterocycles. The van der Waals surface area contributed by atoms with Crippen molar-refractivity contribution in [2.75, 3.05) is 0 Å². The van der Waals surface area contributed by atoms with Crippen molar-refractivity contribution in [2.24, 2.45) is 17.1 Å². The molecule has 2 unspecified atom stereocenters. The SMILES string of the molecule is CCCC(C)(N)C1CCC12CC2. The molecule has 2 atom stereocenters. The van der Waals surface area contributed by atoms with Crippen LogP contribution in [-0.2, 0) is 0 Å². The molecule has 12 heavy (non-hydrogen) atoms. The van der Waals surface area contributed by atoms with Gasteiger partial charge in [-0.25, -0.2) is 0 Å². The van der Waals surface area contributed by atoms with E-state index < -0.39 is 0 Å². The van der Waals surface area contributed by atoms with Gasteiger partial charge in [0.15, 0.2) is 0 Å². The van der Waals surface area contributed by atoms with Crippen LogP contribution in [0.1, 0.15) is 52.4 Å². The molecular formula is C11H21N. The van der Waals surface area contributed by atoms with E-state index in [4.69, 9.17) is 5.73 Å². The maximum atomic E-state index is 6.35. The summed E-state index contributed by atoms with van der Waals surface area (Å²) in [6, 6.07) is 0. The molecular weight excluding hydrogens is 146 g/mol. The van der Waals surface area contributed by atoms with Crippen molar-refractivity contribution >= 4 is 0 Å². The quantitative estimate of drug-likeness (QED) is 0.687. The summed E-state index contributed by atoms with van der Waals surface area (Å²) in [4.78, 5) is 0. The van der Waals surface area contributed by atoms with Gasteiger partial charge in [-0.3, -0.25) is 0 Å². The normalized spacial score (nSPS) is 35.8. The van der Waals surface area contributed by atoms with Crippen LogP contribution in [0.2, 0.25) is 0 Å². The van der Waals surface area contributed by atoms with E-state index >= 15 is 0 Å². The third kappa shape index (κ3) is 1.10. The van der Waals surface area contributed by atoms with Gasteiger partial charge in [0.2, 0.25) is 0 Å². The summed E-state index contributed by atoms with van der Waals surface area (Å²) in [6.07, 6.45) is 8.24. The van der Waals surface area contributed by atoms with Crippen molar-refractivity contribution in [3.8, 4) is 0 Å². The van der Waals surface area contributed by atoms with Crippen LogP contribution >= 0.6 is 0 Å². The van der Waals surface area contributed by atoms with Crippen LogP contribution in [0.5, 0.6) is 0 Å². The lowest BCUT2D eigenvalue weighted by molar-refractivity contribution is 0.0614. The van der Waals surface area contributed by atoms with Crippen molar-refractivity contribution in [1.29, 1.82) is 0 Å². The molecule has 70 valence electrons. The zero-order valence-electron chi connectivity index (χ0n) is 8.40. The fourth-order valence-corrected chi connectivity index (χ4v) is 3.20. The molecule has 1 heteroatoms. The molecule has 0 aromatic carbocycles. The highest BCUT2D eigenvalue weighted by molar-refractivity contribution is 5.12. The van der Waals surface area contributed by atoms with Crippen LogP contribution < -0.4 is 5.73 Å². The van der Waals surface area contributed by atoms with Gasteiger partial charge >= 0.3 is 0 Å². The van der Waals surface area contributed by atoms with Crippen LogP contribution in [-0.4, -0.2) is 5.54 Å². The van der Waals surface area contributed by atoms with E-state index in [0.717, 1.165) is 11.3 Å². The zero-order chi connectivity index (χ0) is 8.82. The zero-order valence-corrected chi connectivity index (χ0v) is 8.40. The lowest BCUT2D eigenvalue weighted by Gasteiger charge is -2.48. The largest absolute Gasteiger partial charge is 0.325 e. The molecule has 2 N–H and O–H groups in total. The molecule has 1 nitrogen and oxygen atoms in total. The summed E-state index contributed by atoms with van der Waals surface area (Å²) in [5.74, 6) is 0.852. The highest BCUT2D eigenvalue weighted by Gasteiger charge is 2.59. The Kier molecular flexibility index (Phi) is 1.76. The maximum Gasteiger partial charge on any atom is 0.0159 e. The van der Waals surface area contributed by atoms with Gasteiger partial charge in [-0.05, 0) is 50.4 Å². The second-order valence-corrected chi connectivity index (χ2v) is 5.21. The topological polar surface area (TPSA) is 26.0 Å². The third-order valence-corrected chi connectivity index (χ3v) is 4.15. The molecule has 2 fully saturated rings. The van der Waals surface area contributed by atoms with Gasteiger partial charge in [-0.1, -0.05) is 13.3 Å². The standard InChI is InChI=1S/C11H21N/c1-3-5-10(2,12)9-4-6-11(9)7-8-11/h9H,3-8,12H2,1-2H3. The van der Waals surface area contributed by atoms with Crippen molar-refractivity contribution in [1.82, 2.24) is 0 Å². The predicted octanol–water partition coefficient (Wildman–Crippen LogP) is 2.69. The van der Waals surface area contributed by atoms with Crippen molar-refractivity contribution in [3.05, 3.63) is 0 Å². The first-order valence-electron chi connectivity index (χ1n) is 5.40. The van der Waals surface area contributed by atoms with Crippen LogP contribution in [0.25, 0.3) is 0 Å². The molecule has 2 rings (SSSR count). The Morgan fingerprint density at radius 1 is 1.42 bits per heavy atom. The monoisotopic (exact) mass is 167 g/mol. The fourth-order valence-electron chi connectivity index (χ4n) is 3.20. The van der Waals surface area contributed by atoms with Gasteiger partial charge in [0.05, 0.1) is 0 Å². The lowest BCUT2D eigenvalue weighted by Crippen LogP contribution is -2.52. The van der Waals surface area contributed by atoms with Crippen molar-refractivity contribution < 1.29 is 0 Å². The van der Waals surface area contributed by atoms with Gasteiger partial charge in [0.1, 0.15) is 0 Å². The summed E-state index contributed by atoms with van der Waals surface area (Å²) in [5, 5.41) is 0. The Balaban J connectivity index is 1.98. The molecule has 2 saturated carbocycles. The molecule has 2 aliphatic rings. The molecule has 0 radical (unpaired) electrons. The van der Waals surface area contributed by atoms with E-state index in [0.29, 0.717) is 0 Å². The lowest BCUT2D eigenvalue weighted by atomic mass is 9.60. The van der Waals surface area contributed by atoms with E-state index in [2.05, 4.69) is 13.8 Å². The van der Waals surface area contributed by atoms with Gasteiger partial charge in [-0.15, -0.1) is 0 Å². The first-order valence-corrected chi connectivity index (χ1v) is 5.40. The van der Waals surface area contributed by atoms with E-state index in [1.165, 1.54) is 38.5 Å². The molecule has 0 amide bonds. The van der Waals surface area contributed by atoms with Crippen LogP contribution in [0, 0.1) is 11.3 Å². The first kappa shape index (κ1) is 8.55. The molecule has 0 aliphatic heterocycles. The molecule has 0 bridgehead atoms. The van der Waals surface area contributed by atoms with Crippen molar-refractivity contribution in [3.63, 3.8) is 0 Å². The summed E-state index contributed by atoms with van der Waals surface area (Å²) in [5.41, 5.74) is 7.24. The van der Waals surface area contributed by atoms with Crippen LogP contribution in [0.3, 0.4) is 0 Å². The van der Waals surface area contributed by atoms with E-state index in [1.54, 1.807) is 0 Å². The molecule has 1 spiro atoms. The molecule has 0 saturated heterocycles. The minimum Gasteiger partial charge on any atom is -0.325 e. The fraction of sp³-hybridized carbons (Fsp3) is 1.00. The molecule has 0 aromatic heterocycles. The average Bonchev–Trinajstić information content (AvgIpc) is 2.61. The van der Waals surface area contributed by atoms with Gasteiger partial charge in [0.25, 0.3) is 0 Å². The van der Waals surface area contributed by atoms with E-state index in [9.17, 15) is 0 Å². The number of nitrogens with two attached hydrogens (primary N) is 1. The Bertz CT molecular complexity index is 179. The molecule has 2 aliphatic carbocycles. The van der Waals surface area contributed by atoms with E-state index in [1.807, 2.05) is 0 Å². The Hall–Kier alpha value is -0.0400. The molecule has 0 aromatic rings. The van der Waals surface area contributed by atoms with Gasteiger partial charge < -0.3 is 5.73 Å². The summed E-state index contributed by atoms with van der Waals surface area (Å²) in [6.45, 7) is 4.50. The minimum absolute atomic E-state index is 0.142. The number of hydrogen-bond donors (Lipinski definition) is 1. The Morgan fingerprint density at radius 3 is 2.42 bits per heavy atom. The average molecular weight is 167 g/mol. The Morgan fingerprint density at radius 2 is 2.08 bits per heavy atom. The third-order valence-electron chi connectivity index (χ3n) is 4.15. The minimum atomic E-state index is 0.142. The van der Waals surface area contributed by atoms with Gasteiger partial charge in [0, 0.05) is 5.54 Å². The predicted molar refractivity (Wildman–Crippen MR) is 51.9 cm³/mol. The summed E-state index contributed by atoms with van der Waals surface area (Å²) < 4.78 is 0. The maximum absolute atomic E-state index is 6.35. The second-order valence-electron chi connectivity index (χ2n) is 5.21. The second kappa shape index (κ2) is 2.47. The number of hydrogen-bond acceptors (Lipinski definition) is 1. The number of rotatable bonds is 3. The van der Waals surface area contributed by atoms with E-state index in [-0.39, 0.29) is 5.54 Å². The Labute approximate surface area is 75.7 Å².